The number of hydrogen-bond donors (Lipinski definition) is 3. The van der Waals surface area contributed by atoms with Crippen LogP contribution in [-0.4, -0.2) is 28.5 Å². The Labute approximate surface area is 202 Å². The van der Waals surface area contributed by atoms with E-state index in [0.29, 0.717) is 22.6 Å². The number of aliphatic carboxylic acids is 1. The first-order valence-electron chi connectivity index (χ1n) is 10.6. The number of fused-ring (bicyclic) bond motifs is 1. The zero-order valence-corrected chi connectivity index (χ0v) is 18.5. The molecular formula is C24H20F3N3O6. The highest BCUT2D eigenvalue weighted by atomic mass is 19.4. The van der Waals surface area contributed by atoms with Crippen LogP contribution >= 0.6 is 0 Å². The van der Waals surface area contributed by atoms with Crippen LogP contribution in [0.3, 0.4) is 0 Å². The van der Waals surface area contributed by atoms with E-state index >= 15 is 0 Å². The molecule has 0 saturated heterocycles. The van der Waals surface area contributed by atoms with Crippen molar-refractivity contribution >= 4 is 17.7 Å². The summed E-state index contributed by atoms with van der Waals surface area (Å²) in [6.45, 7) is 0.00992. The van der Waals surface area contributed by atoms with Crippen LogP contribution < -0.4 is 25.7 Å². The maximum Gasteiger partial charge on any atom is 0.416 e. The van der Waals surface area contributed by atoms with E-state index in [1.54, 1.807) is 18.2 Å². The molecule has 3 aromatic rings. The molecule has 12 heteroatoms. The van der Waals surface area contributed by atoms with Crippen LogP contribution in [0.1, 0.15) is 29.2 Å². The number of rotatable bonds is 7. The van der Waals surface area contributed by atoms with Crippen LogP contribution in [0.25, 0.3) is 0 Å². The topological polar surface area (TPSA) is 119 Å². The molecule has 2 amide bonds. The van der Waals surface area contributed by atoms with Crippen molar-refractivity contribution < 1.29 is 37.3 Å². The largest absolute Gasteiger partial charge is 0.481 e. The number of halogens is 3. The standard InChI is InChI=1S/C24H20F3N3O6/c25-24(26,27)16-6-3-14(4-7-16)12-30-9-1-2-17(22(30)33)28-23(34)29-18(11-21(31)32)15-5-8-19-20(10-15)36-13-35-19/h1-10,18H,11-13H2,(H,31,32)(H2,28,29,34)/t18-/m0/s1. The molecule has 0 unspecified atom stereocenters. The van der Waals surface area contributed by atoms with Gasteiger partial charge in [0, 0.05) is 6.20 Å². The van der Waals surface area contributed by atoms with Gasteiger partial charge >= 0.3 is 18.2 Å². The van der Waals surface area contributed by atoms with Crippen LogP contribution in [0.2, 0.25) is 0 Å². The average molecular weight is 503 g/mol. The van der Waals surface area contributed by atoms with E-state index in [1.165, 1.54) is 35.0 Å². The predicted molar refractivity (Wildman–Crippen MR) is 121 cm³/mol. The minimum absolute atomic E-state index is 0.0209. The van der Waals surface area contributed by atoms with Crippen molar-refractivity contribution in [3.63, 3.8) is 0 Å². The molecular weight excluding hydrogens is 483 g/mol. The van der Waals surface area contributed by atoms with E-state index in [9.17, 15) is 32.7 Å². The number of carboxylic acids is 1. The monoisotopic (exact) mass is 503 g/mol. The Morgan fingerprint density at radius 3 is 2.47 bits per heavy atom. The van der Waals surface area contributed by atoms with Gasteiger partial charge in [-0.2, -0.15) is 13.2 Å². The summed E-state index contributed by atoms with van der Waals surface area (Å²) in [4.78, 5) is 36.8. The highest BCUT2D eigenvalue weighted by Gasteiger charge is 2.30. The first kappa shape index (κ1) is 24.6. The molecule has 1 aromatic heterocycles. The number of aromatic nitrogens is 1. The molecule has 0 bridgehead atoms. The normalized spacial score (nSPS) is 13.2. The summed E-state index contributed by atoms with van der Waals surface area (Å²) in [5, 5.41) is 14.2. The number of carbonyl (C=O) groups excluding carboxylic acids is 1. The van der Waals surface area contributed by atoms with Gasteiger partial charge in [-0.05, 0) is 47.5 Å². The molecule has 9 nitrogen and oxygen atoms in total. The number of pyridine rings is 1. The number of carboxylic acid groups (broad SMARTS) is 1. The summed E-state index contributed by atoms with van der Waals surface area (Å²) in [7, 11) is 0. The summed E-state index contributed by atoms with van der Waals surface area (Å²) in [5.41, 5.74) is -0.572. The number of hydrogen-bond acceptors (Lipinski definition) is 5. The van der Waals surface area contributed by atoms with Gasteiger partial charge in [0.15, 0.2) is 11.5 Å². The Hall–Kier alpha value is -4.48. The summed E-state index contributed by atoms with van der Waals surface area (Å²) in [5.74, 6) is -0.244. The molecule has 4 rings (SSSR count). The van der Waals surface area contributed by atoms with Gasteiger partial charge in [-0.3, -0.25) is 9.59 Å². The highest BCUT2D eigenvalue weighted by Crippen LogP contribution is 2.35. The van der Waals surface area contributed by atoms with Crippen molar-refractivity contribution in [2.45, 2.75) is 25.2 Å². The molecule has 1 aliphatic heterocycles. The SMILES string of the molecule is O=C(O)C[C@H](NC(=O)Nc1cccn(Cc2ccc(C(F)(F)F)cc2)c1=O)c1ccc2c(c1)OCO2. The lowest BCUT2D eigenvalue weighted by atomic mass is 10.0. The number of urea groups is 1. The molecule has 0 aliphatic carbocycles. The zero-order valence-electron chi connectivity index (χ0n) is 18.5. The van der Waals surface area contributed by atoms with Gasteiger partial charge in [0.1, 0.15) is 5.69 Å². The Balaban J connectivity index is 1.47. The van der Waals surface area contributed by atoms with Crippen LogP contribution in [0.5, 0.6) is 11.5 Å². The smallest absolute Gasteiger partial charge is 0.416 e. The molecule has 2 aromatic carbocycles. The maximum atomic E-state index is 12.8. The summed E-state index contributed by atoms with van der Waals surface area (Å²) >= 11 is 0. The van der Waals surface area contributed by atoms with Crippen molar-refractivity contribution in [1.82, 2.24) is 9.88 Å². The summed E-state index contributed by atoms with van der Waals surface area (Å²) < 4.78 is 50.1. The molecule has 188 valence electrons. The minimum Gasteiger partial charge on any atom is -0.481 e. The number of nitrogens with one attached hydrogen (secondary N) is 2. The molecule has 0 radical (unpaired) electrons. The minimum atomic E-state index is -4.47. The second-order valence-corrected chi connectivity index (χ2v) is 7.91. The Morgan fingerprint density at radius 2 is 1.78 bits per heavy atom. The second-order valence-electron chi connectivity index (χ2n) is 7.91. The Morgan fingerprint density at radius 1 is 1.06 bits per heavy atom. The number of amides is 2. The lowest BCUT2D eigenvalue weighted by Gasteiger charge is -2.18. The van der Waals surface area contributed by atoms with Gasteiger partial charge < -0.3 is 29.8 Å². The summed E-state index contributed by atoms with van der Waals surface area (Å²) in [6.07, 6.45) is -3.46. The van der Waals surface area contributed by atoms with Crippen LogP contribution in [0, 0.1) is 0 Å². The molecule has 1 aliphatic rings. The van der Waals surface area contributed by atoms with Crippen molar-refractivity contribution in [3.8, 4) is 11.5 Å². The quantitative estimate of drug-likeness (QED) is 0.449. The van der Waals surface area contributed by atoms with E-state index in [1.807, 2.05) is 0 Å². The third-order valence-corrected chi connectivity index (χ3v) is 5.39. The van der Waals surface area contributed by atoms with Crippen LogP contribution in [-0.2, 0) is 17.5 Å². The van der Waals surface area contributed by atoms with Crippen LogP contribution in [0.15, 0.2) is 65.6 Å². The van der Waals surface area contributed by atoms with E-state index < -0.39 is 41.8 Å². The van der Waals surface area contributed by atoms with Crippen LogP contribution in [0.4, 0.5) is 23.7 Å². The molecule has 0 fully saturated rings. The van der Waals surface area contributed by atoms with Gasteiger partial charge in [-0.15, -0.1) is 0 Å². The third kappa shape index (κ3) is 5.77. The van der Waals surface area contributed by atoms with Crippen molar-refractivity contribution in [2.24, 2.45) is 0 Å². The highest BCUT2D eigenvalue weighted by molar-refractivity contribution is 5.89. The first-order valence-corrected chi connectivity index (χ1v) is 10.6. The maximum absolute atomic E-state index is 12.8. The zero-order chi connectivity index (χ0) is 25.9. The van der Waals surface area contributed by atoms with Crippen molar-refractivity contribution in [1.29, 1.82) is 0 Å². The average Bonchev–Trinajstić information content (AvgIpc) is 3.29. The number of ether oxygens (including phenoxy) is 2. The van der Waals surface area contributed by atoms with E-state index in [2.05, 4.69) is 10.6 Å². The van der Waals surface area contributed by atoms with Gasteiger partial charge in [0.05, 0.1) is 24.6 Å². The molecule has 0 saturated carbocycles. The number of carbonyl (C=O) groups is 2. The molecule has 36 heavy (non-hydrogen) atoms. The van der Waals surface area contributed by atoms with Crippen molar-refractivity contribution in [3.05, 3.63) is 87.8 Å². The number of nitrogens with zero attached hydrogens (tertiary/aromatic N) is 1. The third-order valence-electron chi connectivity index (χ3n) is 5.39. The van der Waals surface area contributed by atoms with Gasteiger partial charge in [-0.25, -0.2) is 4.79 Å². The second kappa shape index (κ2) is 10.0. The molecule has 3 N–H and O–H groups in total. The Bertz CT molecular complexity index is 1340. The fraction of sp³-hybridized carbons (Fsp3) is 0.208. The first-order chi connectivity index (χ1) is 17.1. The number of alkyl halides is 3. The Kier molecular flexibility index (Phi) is 6.86. The predicted octanol–water partition coefficient (Wildman–Crippen LogP) is 3.98. The lowest BCUT2D eigenvalue weighted by molar-refractivity contribution is -0.138. The number of benzene rings is 2. The van der Waals surface area contributed by atoms with E-state index in [-0.39, 0.29) is 19.0 Å². The van der Waals surface area contributed by atoms with E-state index in [0.717, 1.165) is 12.1 Å². The van der Waals surface area contributed by atoms with Gasteiger partial charge in [0.25, 0.3) is 5.56 Å². The van der Waals surface area contributed by atoms with Gasteiger partial charge in [0.2, 0.25) is 6.79 Å². The van der Waals surface area contributed by atoms with Gasteiger partial charge in [-0.1, -0.05) is 18.2 Å². The lowest BCUT2D eigenvalue weighted by Crippen LogP contribution is -2.36. The number of anilines is 1. The molecule has 0 spiro atoms. The summed E-state index contributed by atoms with van der Waals surface area (Å²) in [6, 6.07) is 10.3. The fourth-order valence-corrected chi connectivity index (χ4v) is 3.63. The molecule has 1 atom stereocenters. The van der Waals surface area contributed by atoms with E-state index in [4.69, 9.17) is 9.47 Å². The fourth-order valence-electron chi connectivity index (χ4n) is 3.63. The van der Waals surface area contributed by atoms with Crippen molar-refractivity contribution in [2.75, 3.05) is 12.1 Å². The molecule has 2 heterocycles.